The van der Waals surface area contributed by atoms with Crippen molar-refractivity contribution in [3.8, 4) is 0 Å². The first-order valence-electron chi connectivity index (χ1n) is 6.76. The predicted molar refractivity (Wildman–Crippen MR) is 68.7 cm³/mol. The molecule has 0 aromatic rings. The van der Waals surface area contributed by atoms with Gasteiger partial charge in [0.25, 0.3) is 0 Å². The average Bonchev–Trinajstić information content (AvgIpc) is 2.73. The molecule has 1 aliphatic heterocycles. The van der Waals surface area contributed by atoms with Crippen molar-refractivity contribution in [2.75, 3.05) is 27.2 Å². The normalized spacial score (nSPS) is 42.8. The summed E-state index contributed by atoms with van der Waals surface area (Å²) in [6.07, 6.45) is 4.14. The van der Waals surface area contributed by atoms with Crippen molar-refractivity contribution in [3.05, 3.63) is 0 Å². The lowest BCUT2D eigenvalue weighted by Crippen LogP contribution is -2.59. The van der Waals surface area contributed by atoms with Crippen molar-refractivity contribution in [1.29, 1.82) is 0 Å². The van der Waals surface area contributed by atoms with Gasteiger partial charge in [-0.1, -0.05) is 6.42 Å². The molecule has 16 heavy (non-hydrogen) atoms. The van der Waals surface area contributed by atoms with E-state index in [1.807, 2.05) is 0 Å². The van der Waals surface area contributed by atoms with E-state index in [4.69, 9.17) is 0 Å². The number of piperazine rings is 1. The molecule has 1 heterocycles. The molecule has 2 aliphatic rings. The third-order valence-electron chi connectivity index (χ3n) is 4.71. The smallest absolute Gasteiger partial charge is 0.0250 e. The molecule has 4 unspecified atom stereocenters. The summed E-state index contributed by atoms with van der Waals surface area (Å²) >= 11 is 0. The van der Waals surface area contributed by atoms with Crippen LogP contribution in [-0.2, 0) is 0 Å². The van der Waals surface area contributed by atoms with E-state index < -0.39 is 0 Å². The largest absolute Gasteiger partial charge is 0.315 e. The summed E-state index contributed by atoms with van der Waals surface area (Å²) in [5, 5.41) is 3.50. The number of hydrogen-bond acceptors (Lipinski definition) is 3. The maximum absolute atomic E-state index is 3.50. The van der Waals surface area contributed by atoms with E-state index in [0.29, 0.717) is 12.1 Å². The summed E-state index contributed by atoms with van der Waals surface area (Å²) in [5.74, 6) is 0. The predicted octanol–water partition coefficient (Wildman–Crippen LogP) is 1.15. The van der Waals surface area contributed by atoms with Crippen LogP contribution < -0.4 is 5.32 Å². The first-order valence-corrected chi connectivity index (χ1v) is 6.76. The molecule has 0 amide bonds. The zero-order valence-corrected chi connectivity index (χ0v) is 11.2. The quantitative estimate of drug-likeness (QED) is 0.760. The highest BCUT2D eigenvalue weighted by Crippen LogP contribution is 2.27. The Bertz CT molecular complexity index is 219. The van der Waals surface area contributed by atoms with Crippen LogP contribution in [0.25, 0.3) is 0 Å². The standard InChI is InChI=1S/C13H27N3/c1-10-8-16(9-11(2)15(10)4)13-7-5-6-12(13)14-3/h10-14H,5-9H2,1-4H3. The number of rotatable bonds is 2. The molecule has 2 rings (SSSR count). The molecule has 0 aromatic heterocycles. The Labute approximate surface area is 100 Å². The second-order valence-electron chi connectivity index (χ2n) is 5.71. The van der Waals surface area contributed by atoms with E-state index in [-0.39, 0.29) is 0 Å². The molecule has 94 valence electrons. The third-order valence-corrected chi connectivity index (χ3v) is 4.71. The van der Waals surface area contributed by atoms with E-state index in [1.54, 1.807) is 0 Å². The number of likely N-dealkylation sites (N-methyl/N-ethyl adjacent to an activating group) is 2. The van der Waals surface area contributed by atoms with Crippen molar-refractivity contribution in [2.45, 2.75) is 57.3 Å². The Morgan fingerprint density at radius 2 is 1.69 bits per heavy atom. The maximum Gasteiger partial charge on any atom is 0.0250 e. The van der Waals surface area contributed by atoms with Gasteiger partial charge in [-0.15, -0.1) is 0 Å². The molecule has 4 atom stereocenters. The molecular weight excluding hydrogens is 198 g/mol. The van der Waals surface area contributed by atoms with Crippen LogP contribution in [0.1, 0.15) is 33.1 Å². The Kier molecular flexibility index (Phi) is 3.88. The van der Waals surface area contributed by atoms with Gasteiger partial charge in [0.05, 0.1) is 0 Å². The SMILES string of the molecule is CNC1CCCC1N1CC(C)N(C)C(C)C1. The van der Waals surface area contributed by atoms with Crippen molar-refractivity contribution < 1.29 is 0 Å². The van der Waals surface area contributed by atoms with Crippen LogP contribution in [0, 0.1) is 0 Å². The molecule has 3 nitrogen and oxygen atoms in total. The highest BCUT2D eigenvalue weighted by Gasteiger charge is 2.36. The van der Waals surface area contributed by atoms with Gasteiger partial charge >= 0.3 is 0 Å². The Morgan fingerprint density at radius 1 is 1.06 bits per heavy atom. The van der Waals surface area contributed by atoms with Crippen molar-refractivity contribution in [2.24, 2.45) is 0 Å². The summed E-state index contributed by atoms with van der Waals surface area (Å²) in [7, 11) is 4.38. The van der Waals surface area contributed by atoms with E-state index in [0.717, 1.165) is 12.1 Å². The minimum Gasteiger partial charge on any atom is -0.315 e. The van der Waals surface area contributed by atoms with Crippen LogP contribution in [0.3, 0.4) is 0 Å². The lowest BCUT2D eigenvalue weighted by molar-refractivity contribution is 0.0289. The van der Waals surface area contributed by atoms with Crippen molar-refractivity contribution in [3.63, 3.8) is 0 Å². The van der Waals surface area contributed by atoms with Crippen LogP contribution in [0.5, 0.6) is 0 Å². The molecule has 2 fully saturated rings. The second-order valence-corrected chi connectivity index (χ2v) is 5.71. The molecule has 1 saturated carbocycles. The van der Waals surface area contributed by atoms with Crippen molar-refractivity contribution in [1.82, 2.24) is 15.1 Å². The lowest BCUT2D eigenvalue weighted by atomic mass is 10.0. The molecule has 3 heteroatoms. The van der Waals surface area contributed by atoms with Crippen LogP contribution in [0.2, 0.25) is 0 Å². The molecule has 0 bridgehead atoms. The average molecular weight is 225 g/mol. The van der Waals surface area contributed by atoms with Gasteiger partial charge in [0.2, 0.25) is 0 Å². The molecule has 1 saturated heterocycles. The minimum absolute atomic E-state index is 0.696. The number of nitrogens with zero attached hydrogens (tertiary/aromatic N) is 2. The second kappa shape index (κ2) is 5.03. The summed E-state index contributed by atoms with van der Waals surface area (Å²) in [6, 6.07) is 2.90. The zero-order valence-electron chi connectivity index (χ0n) is 11.2. The van der Waals surface area contributed by atoms with Crippen LogP contribution in [-0.4, -0.2) is 61.2 Å². The summed E-state index contributed by atoms with van der Waals surface area (Å²) < 4.78 is 0. The van der Waals surface area contributed by atoms with Gasteiger partial charge in [-0.25, -0.2) is 0 Å². The Morgan fingerprint density at radius 3 is 2.25 bits per heavy atom. The van der Waals surface area contributed by atoms with Crippen molar-refractivity contribution >= 4 is 0 Å². The fourth-order valence-electron chi connectivity index (χ4n) is 3.43. The van der Waals surface area contributed by atoms with Gasteiger partial charge in [0, 0.05) is 37.3 Å². The third kappa shape index (κ3) is 2.27. The zero-order chi connectivity index (χ0) is 11.7. The molecule has 1 N–H and O–H groups in total. The van der Waals surface area contributed by atoms with Crippen LogP contribution in [0.15, 0.2) is 0 Å². The lowest BCUT2D eigenvalue weighted by Gasteiger charge is -2.46. The van der Waals surface area contributed by atoms with E-state index in [1.165, 1.54) is 32.4 Å². The fraction of sp³-hybridized carbons (Fsp3) is 1.00. The molecule has 0 spiro atoms. The first kappa shape index (κ1) is 12.3. The molecular formula is C13H27N3. The highest BCUT2D eigenvalue weighted by atomic mass is 15.3. The molecule has 0 aromatic carbocycles. The van der Waals surface area contributed by atoms with E-state index in [9.17, 15) is 0 Å². The summed E-state index contributed by atoms with van der Waals surface area (Å²) in [6.45, 7) is 7.19. The Hall–Kier alpha value is -0.120. The van der Waals surface area contributed by atoms with Gasteiger partial charge in [-0.3, -0.25) is 9.80 Å². The number of nitrogens with one attached hydrogen (secondary N) is 1. The van der Waals surface area contributed by atoms with Gasteiger partial charge in [0.1, 0.15) is 0 Å². The monoisotopic (exact) mass is 225 g/mol. The number of hydrogen-bond donors (Lipinski definition) is 1. The van der Waals surface area contributed by atoms with Gasteiger partial charge in [0.15, 0.2) is 0 Å². The summed E-state index contributed by atoms with van der Waals surface area (Å²) in [5.41, 5.74) is 0. The Balaban J connectivity index is 1.99. The van der Waals surface area contributed by atoms with Crippen LogP contribution >= 0.6 is 0 Å². The fourth-order valence-corrected chi connectivity index (χ4v) is 3.43. The maximum atomic E-state index is 3.50. The van der Waals surface area contributed by atoms with Gasteiger partial charge in [-0.2, -0.15) is 0 Å². The topological polar surface area (TPSA) is 18.5 Å². The molecule has 0 radical (unpaired) electrons. The van der Waals surface area contributed by atoms with E-state index in [2.05, 4.69) is 43.1 Å². The van der Waals surface area contributed by atoms with Gasteiger partial charge < -0.3 is 5.32 Å². The van der Waals surface area contributed by atoms with Crippen LogP contribution in [0.4, 0.5) is 0 Å². The molecule has 1 aliphatic carbocycles. The highest BCUT2D eigenvalue weighted by molar-refractivity contribution is 4.94. The minimum atomic E-state index is 0.696. The van der Waals surface area contributed by atoms with Gasteiger partial charge in [-0.05, 0) is 40.8 Å². The first-order chi connectivity index (χ1) is 7.63. The van der Waals surface area contributed by atoms with E-state index >= 15 is 0 Å². The summed E-state index contributed by atoms with van der Waals surface area (Å²) in [4.78, 5) is 5.24.